The van der Waals surface area contributed by atoms with Gasteiger partial charge in [0, 0.05) is 24.7 Å². The van der Waals surface area contributed by atoms with Crippen LogP contribution in [0.15, 0.2) is 42.6 Å². The SMILES string of the molecule is CC(C)c1ccc([C@](O)(c2ccnc(N3C[C@@H](F)[C@@H](F)C3)c2)C2(C)CN(C(=O)OC(C)(C)C)C2)cc1. The topological polar surface area (TPSA) is 65.9 Å². The minimum Gasteiger partial charge on any atom is -0.444 e. The highest BCUT2D eigenvalue weighted by Gasteiger charge is 2.58. The van der Waals surface area contributed by atoms with Crippen molar-refractivity contribution in [1.82, 2.24) is 9.88 Å². The lowest BCUT2D eigenvalue weighted by atomic mass is 9.62. The first-order chi connectivity index (χ1) is 16.7. The van der Waals surface area contributed by atoms with Crippen LogP contribution in [-0.4, -0.2) is 65.2 Å². The van der Waals surface area contributed by atoms with E-state index in [0.29, 0.717) is 22.9 Å². The number of aliphatic hydroxyl groups is 1. The standard InChI is InChI=1S/C28H37F2N3O3/c1-18(2)19-7-9-20(10-8-19)28(35,27(6)16-33(17-27)25(34)36-26(3,4)5)21-11-12-31-24(13-21)32-14-22(29)23(30)15-32/h7-13,18,22-23,35H,14-17H2,1-6H3/t22-,23+,28-/m0/s1. The molecule has 36 heavy (non-hydrogen) atoms. The van der Waals surface area contributed by atoms with Gasteiger partial charge in [-0.1, -0.05) is 45.0 Å². The molecule has 0 bridgehead atoms. The van der Waals surface area contributed by atoms with Crippen LogP contribution in [0.2, 0.25) is 0 Å². The van der Waals surface area contributed by atoms with Crippen molar-refractivity contribution < 1.29 is 23.4 Å². The number of pyridine rings is 1. The number of carbonyl (C=O) groups is 1. The van der Waals surface area contributed by atoms with E-state index in [0.717, 1.165) is 5.56 Å². The second kappa shape index (κ2) is 9.29. The van der Waals surface area contributed by atoms with E-state index in [4.69, 9.17) is 4.74 Å². The molecular formula is C28H37F2N3O3. The van der Waals surface area contributed by atoms with Gasteiger partial charge in [0.1, 0.15) is 17.0 Å². The van der Waals surface area contributed by atoms with E-state index in [2.05, 4.69) is 18.8 Å². The minimum absolute atomic E-state index is 0.0805. The maximum atomic E-state index is 13.9. The number of alkyl halides is 2. The van der Waals surface area contributed by atoms with E-state index in [1.54, 1.807) is 28.1 Å². The molecule has 6 nitrogen and oxygen atoms in total. The number of amides is 1. The van der Waals surface area contributed by atoms with Crippen LogP contribution >= 0.6 is 0 Å². The van der Waals surface area contributed by atoms with Crippen LogP contribution in [-0.2, 0) is 10.3 Å². The van der Waals surface area contributed by atoms with E-state index < -0.39 is 35.1 Å². The van der Waals surface area contributed by atoms with Crippen molar-refractivity contribution in [3.63, 3.8) is 0 Å². The monoisotopic (exact) mass is 501 g/mol. The van der Waals surface area contributed by atoms with Crippen LogP contribution in [0.1, 0.15) is 64.2 Å². The largest absolute Gasteiger partial charge is 0.444 e. The first-order valence-corrected chi connectivity index (χ1v) is 12.5. The van der Waals surface area contributed by atoms with E-state index in [1.165, 1.54) is 0 Å². The van der Waals surface area contributed by atoms with Gasteiger partial charge < -0.3 is 19.6 Å². The molecule has 2 aliphatic heterocycles. The van der Waals surface area contributed by atoms with Crippen molar-refractivity contribution >= 4 is 11.9 Å². The summed E-state index contributed by atoms with van der Waals surface area (Å²) in [4.78, 5) is 20.2. The van der Waals surface area contributed by atoms with Gasteiger partial charge in [-0.25, -0.2) is 18.6 Å². The number of hydrogen-bond donors (Lipinski definition) is 1. The highest BCUT2D eigenvalue weighted by molar-refractivity contribution is 5.70. The number of hydrogen-bond acceptors (Lipinski definition) is 5. The quantitative estimate of drug-likeness (QED) is 0.611. The normalized spacial score (nSPS) is 23.4. The van der Waals surface area contributed by atoms with Crippen LogP contribution in [0.5, 0.6) is 0 Å². The summed E-state index contributed by atoms with van der Waals surface area (Å²) in [7, 11) is 0. The van der Waals surface area contributed by atoms with Gasteiger partial charge in [-0.2, -0.15) is 0 Å². The summed E-state index contributed by atoms with van der Waals surface area (Å²) in [5.74, 6) is 0.749. The zero-order valence-corrected chi connectivity index (χ0v) is 22.0. The number of carbonyl (C=O) groups excluding carboxylic acids is 1. The number of rotatable bonds is 5. The molecule has 0 radical (unpaired) electrons. The van der Waals surface area contributed by atoms with Crippen LogP contribution in [0.3, 0.4) is 0 Å². The molecule has 1 aromatic carbocycles. The summed E-state index contributed by atoms with van der Waals surface area (Å²) >= 11 is 0. The lowest BCUT2D eigenvalue weighted by Gasteiger charge is -2.56. The molecule has 3 atom stereocenters. The van der Waals surface area contributed by atoms with Crippen LogP contribution in [0.4, 0.5) is 19.4 Å². The highest BCUT2D eigenvalue weighted by Crippen LogP contribution is 2.51. The zero-order chi connectivity index (χ0) is 26.5. The molecule has 8 heteroatoms. The molecule has 2 aliphatic rings. The summed E-state index contributed by atoms with van der Waals surface area (Å²) in [6, 6.07) is 11.3. The highest BCUT2D eigenvalue weighted by atomic mass is 19.2. The van der Waals surface area contributed by atoms with E-state index in [1.807, 2.05) is 52.0 Å². The molecule has 2 saturated heterocycles. The molecule has 196 valence electrons. The Bertz CT molecular complexity index is 1090. The predicted octanol–water partition coefficient (Wildman–Crippen LogP) is 5.19. The van der Waals surface area contributed by atoms with Crippen molar-refractivity contribution in [3.8, 4) is 0 Å². The van der Waals surface area contributed by atoms with E-state index in [9.17, 15) is 18.7 Å². The first-order valence-electron chi connectivity index (χ1n) is 12.5. The third kappa shape index (κ3) is 4.80. The Labute approximate surface area is 212 Å². The molecule has 0 unspecified atom stereocenters. The van der Waals surface area contributed by atoms with Gasteiger partial charge in [0.15, 0.2) is 12.3 Å². The first kappa shape index (κ1) is 26.3. The molecule has 0 saturated carbocycles. The third-order valence-electron chi connectivity index (χ3n) is 7.27. The van der Waals surface area contributed by atoms with E-state index >= 15 is 0 Å². The number of anilines is 1. The average Bonchev–Trinajstić information content (AvgIpc) is 3.13. The van der Waals surface area contributed by atoms with Gasteiger partial charge in [-0.05, 0) is 55.5 Å². The second-order valence-corrected chi connectivity index (χ2v) is 11.7. The fourth-order valence-corrected chi connectivity index (χ4v) is 5.18. The lowest BCUT2D eigenvalue weighted by Crippen LogP contribution is -2.66. The Hall–Kier alpha value is -2.74. The molecule has 1 aromatic heterocycles. The number of ether oxygens (including phenoxy) is 1. The number of nitrogens with zero attached hydrogens (tertiary/aromatic N) is 3. The number of halogens is 2. The molecular weight excluding hydrogens is 464 g/mol. The van der Waals surface area contributed by atoms with Crippen molar-refractivity contribution in [2.45, 2.75) is 71.0 Å². The Morgan fingerprint density at radius 2 is 1.67 bits per heavy atom. The van der Waals surface area contributed by atoms with Gasteiger partial charge in [-0.15, -0.1) is 0 Å². The van der Waals surface area contributed by atoms with Crippen LogP contribution < -0.4 is 4.90 Å². The van der Waals surface area contributed by atoms with Gasteiger partial charge in [0.2, 0.25) is 0 Å². The summed E-state index contributed by atoms with van der Waals surface area (Å²) in [5, 5.41) is 12.5. The summed E-state index contributed by atoms with van der Waals surface area (Å²) in [6.45, 7) is 12.0. The minimum atomic E-state index is -1.57. The van der Waals surface area contributed by atoms with Crippen molar-refractivity contribution in [1.29, 1.82) is 0 Å². The molecule has 4 rings (SSSR count). The number of benzene rings is 1. The molecule has 2 aromatic rings. The molecule has 0 spiro atoms. The lowest BCUT2D eigenvalue weighted by molar-refractivity contribution is -0.131. The van der Waals surface area contributed by atoms with E-state index in [-0.39, 0.29) is 26.2 Å². The summed E-state index contributed by atoms with van der Waals surface area (Å²) in [6.07, 6.45) is -1.99. The number of likely N-dealkylation sites (tertiary alicyclic amines) is 1. The van der Waals surface area contributed by atoms with Crippen LogP contribution in [0, 0.1) is 5.41 Å². The molecule has 0 aliphatic carbocycles. The van der Waals surface area contributed by atoms with Gasteiger partial charge >= 0.3 is 6.09 Å². The molecule has 3 heterocycles. The fourth-order valence-electron chi connectivity index (χ4n) is 5.18. The maximum absolute atomic E-state index is 13.9. The Kier molecular flexibility index (Phi) is 6.79. The van der Waals surface area contributed by atoms with Crippen molar-refractivity contribution in [3.05, 3.63) is 59.3 Å². The molecule has 1 amide bonds. The Morgan fingerprint density at radius 1 is 1.08 bits per heavy atom. The third-order valence-corrected chi connectivity index (χ3v) is 7.27. The summed E-state index contributed by atoms with van der Waals surface area (Å²) < 4.78 is 33.3. The Balaban J connectivity index is 1.71. The Morgan fingerprint density at radius 3 is 2.19 bits per heavy atom. The van der Waals surface area contributed by atoms with Crippen molar-refractivity contribution in [2.24, 2.45) is 5.41 Å². The molecule has 1 N–H and O–H groups in total. The smallest absolute Gasteiger partial charge is 0.410 e. The second-order valence-electron chi connectivity index (χ2n) is 11.7. The number of aromatic nitrogens is 1. The summed E-state index contributed by atoms with van der Waals surface area (Å²) in [5.41, 5.74) is -0.450. The molecule has 2 fully saturated rings. The van der Waals surface area contributed by atoms with Crippen molar-refractivity contribution in [2.75, 3.05) is 31.1 Å². The predicted molar refractivity (Wildman–Crippen MR) is 136 cm³/mol. The average molecular weight is 502 g/mol. The van der Waals surface area contributed by atoms with Gasteiger partial charge in [0.25, 0.3) is 0 Å². The maximum Gasteiger partial charge on any atom is 0.410 e. The van der Waals surface area contributed by atoms with Crippen LogP contribution in [0.25, 0.3) is 0 Å². The zero-order valence-electron chi connectivity index (χ0n) is 22.0. The fraction of sp³-hybridized carbons (Fsp3) is 0.571. The van der Waals surface area contributed by atoms with Gasteiger partial charge in [0.05, 0.1) is 13.1 Å². The van der Waals surface area contributed by atoms with Gasteiger partial charge in [-0.3, -0.25) is 0 Å².